The smallest absolute Gasteiger partial charge is 0.327 e. The maximum absolute atomic E-state index is 11.4. The van der Waals surface area contributed by atoms with E-state index in [1.165, 1.54) is 11.0 Å². The highest BCUT2D eigenvalue weighted by molar-refractivity contribution is 5.68. The number of aromatic nitrogens is 5. The average molecular weight is 236 g/mol. The van der Waals surface area contributed by atoms with E-state index in [0.717, 1.165) is 0 Å². The Morgan fingerprint density at radius 1 is 1.47 bits per heavy atom. The molecule has 0 aliphatic carbocycles. The SMILES string of the molecule is Nc1ncn(CC(=O)OCCn2cccn2)n1. The molecule has 2 N–H and O–H groups in total. The van der Waals surface area contributed by atoms with Crippen molar-refractivity contribution >= 4 is 11.9 Å². The van der Waals surface area contributed by atoms with Gasteiger partial charge in [-0.1, -0.05) is 0 Å². The Bertz CT molecular complexity index is 477. The highest BCUT2D eigenvalue weighted by Crippen LogP contribution is 1.92. The fraction of sp³-hybridized carbons (Fsp3) is 0.333. The molecule has 2 rings (SSSR count). The molecule has 0 aliphatic heterocycles. The number of hydrogen-bond donors (Lipinski definition) is 1. The quantitative estimate of drug-likeness (QED) is 0.689. The average Bonchev–Trinajstić information content (AvgIpc) is 2.90. The van der Waals surface area contributed by atoms with Crippen LogP contribution in [-0.2, 0) is 22.6 Å². The molecule has 0 saturated carbocycles. The molecule has 0 atom stereocenters. The van der Waals surface area contributed by atoms with Gasteiger partial charge in [0, 0.05) is 12.4 Å². The maximum atomic E-state index is 11.4. The maximum Gasteiger partial charge on any atom is 0.327 e. The number of esters is 1. The van der Waals surface area contributed by atoms with E-state index < -0.39 is 0 Å². The first kappa shape index (κ1) is 11.1. The van der Waals surface area contributed by atoms with Crippen LogP contribution in [0.5, 0.6) is 0 Å². The zero-order chi connectivity index (χ0) is 12.1. The van der Waals surface area contributed by atoms with Crippen molar-refractivity contribution < 1.29 is 9.53 Å². The number of nitrogen functional groups attached to an aromatic ring is 1. The summed E-state index contributed by atoms with van der Waals surface area (Å²) in [5, 5.41) is 7.76. The van der Waals surface area contributed by atoms with Gasteiger partial charge in [0.15, 0.2) is 0 Å². The Morgan fingerprint density at radius 3 is 3.00 bits per heavy atom. The van der Waals surface area contributed by atoms with Crippen LogP contribution in [0.2, 0.25) is 0 Å². The summed E-state index contributed by atoms with van der Waals surface area (Å²) in [5.41, 5.74) is 5.31. The number of nitrogens with two attached hydrogens (primary N) is 1. The molecule has 2 heterocycles. The lowest BCUT2D eigenvalue weighted by atomic mass is 10.6. The van der Waals surface area contributed by atoms with E-state index in [1.807, 2.05) is 0 Å². The van der Waals surface area contributed by atoms with Crippen LogP contribution in [0.4, 0.5) is 5.95 Å². The van der Waals surface area contributed by atoms with Gasteiger partial charge in [0.05, 0.1) is 6.54 Å². The number of carbonyl (C=O) groups excluding carboxylic acids is 1. The lowest BCUT2D eigenvalue weighted by Gasteiger charge is -2.04. The summed E-state index contributed by atoms with van der Waals surface area (Å²) in [6.45, 7) is 0.798. The molecular formula is C9H12N6O2. The molecule has 2 aromatic heterocycles. The van der Waals surface area contributed by atoms with Gasteiger partial charge in [-0.3, -0.25) is 9.48 Å². The molecule has 0 fully saturated rings. The Labute approximate surface area is 97.0 Å². The summed E-state index contributed by atoms with van der Waals surface area (Å²) in [6.07, 6.45) is 4.84. The zero-order valence-electron chi connectivity index (χ0n) is 9.06. The first-order valence-electron chi connectivity index (χ1n) is 5.02. The number of carbonyl (C=O) groups is 1. The minimum Gasteiger partial charge on any atom is -0.462 e. The molecule has 0 radical (unpaired) electrons. The summed E-state index contributed by atoms with van der Waals surface area (Å²) >= 11 is 0. The van der Waals surface area contributed by atoms with Crippen LogP contribution in [0, 0.1) is 0 Å². The van der Waals surface area contributed by atoms with Gasteiger partial charge >= 0.3 is 5.97 Å². The fourth-order valence-electron chi connectivity index (χ4n) is 1.25. The van der Waals surface area contributed by atoms with E-state index in [2.05, 4.69) is 15.2 Å². The van der Waals surface area contributed by atoms with Crippen LogP contribution < -0.4 is 5.73 Å². The zero-order valence-corrected chi connectivity index (χ0v) is 9.06. The highest BCUT2D eigenvalue weighted by Gasteiger charge is 2.05. The fourth-order valence-corrected chi connectivity index (χ4v) is 1.25. The summed E-state index contributed by atoms with van der Waals surface area (Å²) in [5.74, 6) is -0.253. The monoisotopic (exact) mass is 236 g/mol. The number of rotatable bonds is 5. The van der Waals surface area contributed by atoms with Crippen molar-refractivity contribution in [2.45, 2.75) is 13.1 Å². The van der Waals surface area contributed by atoms with E-state index in [9.17, 15) is 4.79 Å². The molecule has 0 saturated heterocycles. The predicted molar refractivity (Wildman–Crippen MR) is 57.6 cm³/mol. The number of nitrogens with zero attached hydrogens (tertiary/aromatic N) is 5. The van der Waals surface area contributed by atoms with Crippen molar-refractivity contribution in [2.75, 3.05) is 12.3 Å². The Morgan fingerprint density at radius 2 is 2.35 bits per heavy atom. The van der Waals surface area contributed by atoms with Gasteiger partial charge in [0.1, 0.15) is 19.5 Å². The standard InChI is InChI=1S/C9H12N6O2/c10-9-11-7-15(13-9)6-8(16)17-5-4-14-3-1-2-12-14/h1-3,7H,4-6H2,(H2,10,13). The molecule has 0 bridgehead atoms. The van der Waals surface area contributed by atoms with Gasteiger partial charge < -0.3 is 10.5 Å². The second kappa shape index (κ2) is 5.10. The minimum absolute atomic E-state index is 0.00328. The summed E-state index contributed by atoms with van der Waals surface area (Å²) in [6, 6.07) is 1.81. The van der Waals surface area contributed by atoms with Gasteiger partial charge in [-0.15, -0.1) is 5.10 Å². The van der Waals surface area contributed by atoms with E-state index in [1.54, 1.807) is 23.1 Å². The molecule has 0 amide bonds. The topological polar surface area (TPSA) is 101 Å². The van der Waals surface area contributed by atoms with Crippen molar-refractivity contribution in [1.29, 1.82) is 0 Å². The van der Waals surface area contributed by atoms with Crippen molar-refractivity contribution in [3.63, 3.8) is 0 Å². The molecule has 0 aliphatic rings. The number of anilines is 1. The molecule has 0 aromatic carbocycles. The summed E-state index contributed by atoms with van der Waals surface area (Å²) in [4.78, 5) is 15.1. The molecule has 8 nitrogen and oxygen atoms in total. The van der Waals surface area contributed by atoms with Crippen LogP contribution in [0.25, 0.3) is 0 Å². The van der Waals surface area contributed by atoms with E-state index in [4.69, 9.17) is 10.5 Å². The lowest BCUT2D eigenvalue weighted by molar-refractivity contribution is -0.144. The molecule has 90 valence electrons. The van der Waals surface area contributed by atoms with Gasteiger partial charge in [0.25, 0.3) is 0 Å². The first-order valence-corrected chi connectivity index (χ1v) is 5.02. The van der Waals surface area contributed by atoms with Gasteiger partial charge in [-0.25, -0.2) is 9.67 Å². The van der Waals surface area contributed by atoms with Gasteiger partial charge in [-0.2, -0.15) is 5.10 Å². The molecule has 0 spiro atoms. The second-order valence-corrected chi connectivity index (χ2v) is 3.29. The number of hydrogen-bond acceptors (Lipinski definition) is 6. The van der Waals surface area contributed by atoms with Crippen LogP contribution in [-0.4, -0.2) is 37.1 Å². The third-order valence-electron chi connectivity index (χ3n) is 1.99. The van der Waals surface area contributed by atoms with Crippen molar-refractivity contribution in [3.8, 4) is 0 Å². The predicted octanol–water partition coefficient (Wildman–Crippen LogP) is -0.700. The van der Waals surface area contributed by atoms with E-state index in [0.29, 0.717) is 6.54 Å². The molecular weight excluding hydrogens is 224 g/mol. The summed E-state index contributed by atoms with van der Waals surface area (Å²) in [7, 11) is 0. The molecule has 17 heavy (non-hydrogen) atoms. The van der Waals surface area contributed by atoms with E-state index >= 15 is 0 Å². The van der Waals surface area contributed by atoms with Crippen LogP contribution in [0.3, 0.4) is 0 Å². The largest absolute Gasteiger partial charge is 0.462 e. The lowest BCUT2D eigenvalue weighted by Crippen LogP contribution is -2.17. The molecule has 8 heteroatoms. The van der Waals surface area contributed by atoms with E-state index in [-0.39, 0.29) is 25.1 Å². The number of ether oxygens (including phenoxy) is 1. The van der Waals surface area contributed by atoms with Crippen molar-refractivity contribution in [1.82, 2.24) is 24.5 Å². The molecule has 0 unspecified atom stereocenters. The Kier molecular flexibility index (Phi) is 3.34. The Hall–Kier alpha value is -2.38. The van der Waals surface area contributed by atoms with Gasteiger partial charge in [0.2, 0.25) is 5.95 Å². The van der Waals surface area contributed by atoms with Crippen molar-refractivity contribution in [3.05, 3.63) is 24.8 Å². The Balaban J connectivity index is 1.71. The second-order valence-electron chi connectivity index (χ2n) is 3.29. The van der Waals surface area contributed by atoms with Crippen LogP contribution in [0.1, 0.15) is 0 Å². The minimum atomic E-state index is -0.387. The van der Waals surface area contributed by atoms with Crippen LogP contribution in [0.15, 0.2) is 24.8 Å². The van der Waals surface area contributed by atoms with Crippen LogP contribution >= 0.6 is 0 Å². The highest BCUT2D eigenvalue weighted by atomic mass is 16.5. The third kappa shape index (κ3) is 3.30. The summed E-state index contributed by atoms with van der Waals surface area (Å²) < 4.78 is 8.01. The van der Waals surface area contributed by atoms with Crippen molar-refractivity contribution in [2.24, 2.45) is 0 Å². The third-order valence-corrected chi connectivity index (χ3v) is 1.99. The van der Waals surface area contributed by atoms with Gasteiger partial charge in [-0.05, 0) is 6.07 Å². The normalized spacial score (nSPS) is 10.4. The molecule has 2 aromatic rings. The first-order chi connectivity index (χ1) is 8.24.